The maximum atomic E-state index is 13.3. The van der Waals surface area contributed by atoms with Gasteiger partial charge in [-0.1, -0.05) is 29.8 Å². The molecule has 2 aromatic rings. The van der Waals surface area contributed by atoms with Gasteiger partial charge in [0.05, 0.1) is 12.1 Å². The van der Waals surface area contributed by atoms with Crippen molar-refractivity contribution in [3.05, 3.63) is 53.3 Å². The van der Waals surface area contributed by atoms with E-state index in [1.165, 1.54) is 6.07 Å². The summed E-state index contributed by atoms with van der Waals surface area (Å²) in [6.07, 6.45) is 0. The van der Waals surface area contributed by atoms with Gasteiger partial charge in [0.25, 0.3) is 0 Å². The summed E-state index contributed by atoms with van der Waals surface area (Å²) in [5, 5.41) is 0.136. The first-order valence-corrected chi connectivity index (χ1v) is 5.18. The lowest BCUT2D eigenvalue weighted by atomic mass is 10.1. The van der Waals surface area contributed by atoms with Gasteiger partial charge in [0, 0.05) is 0 Å². The van der Waals surface area contributed by atoms with Gasteiger partial charge in [-0.3, -0.25) is 0 Å². The third kappa shape index (κ3) is 2.17. The summed E-state index contributed by atoms with van der Waals surface area (Å²) >= 11 is 5.62. The minimum absolute atomic E-state index is 0.136. The predicted octanol–water partition coefficient (Wildman–Crippen LogP) is 4.15. The van der Waals surface area contributed by atoms with Crippen LogP contribution in [0, 0.1) is 5.82 Å². The van der Waals surface area contributed by atoms with E-state index in [-0.39, 0.29) is 5.02 Å². The molecule has 2 rings (SSSR count). The monoisotopic (exact) mass is 236 g/mol. The summed E-state index contributed by atoms with van der Waals surface area (Å²) in [4.78, 5) is 0. The molecule has 2 aromatic carbocycles. The lowest BCUT2D eigenvalue weighted by molar-refractivity contribution is 0.415. The molecular formula is C13H10ClFO. The molecule has 0 heterocycles. The molecule has 0 fully saturated rings. The molecular weight excluding hydrogens is 227 g/mol. The summed E-state index contributed by atoms with van der Waals surface area (Å²) < 4.78 is 18.3. The zero-order valence-corrected chi connectivity index (χ0v) is 9.46. The summed E-state index contributed by atoms with van der Waals surface area (Å²) in [6.45, 7) is 0. The molecule has 0 saturated carbocycles. The molecule has 0 radical (unpaired) electrons. The SMILES string of the molecule is COc1ccc(-c2ccc(Cl)c(F)c2)cc1. The van der Waals surface area contributed by atoms with Crippen LogP contribution in [0.25, 0.3) is 11.1 Å². The van der Waals surface area contributed by atoms with Crippen LogP contribution in [0.1, 0.15) is 0 Å². The van der Waals surface area contributed by atoms with Crippen molar-refractivity contribution in [3.63, 3.8) is 0 Å². The fourth-order valence-corrected chi connectivity index (χ4v) is 1.58. The second-order valence-corrected chi connectivity index (χ2v) is 3.76. The molecule has 0 spiro atoms. The number of rotatable bonds is 2. The highest BCUT2D eigenvalue weighted by Crippen LogP contribution is 2.25. The van der Waals surface area contributed by atoms with E-state index >= 15 is 0 Å². The minimum Gasteiger partial charge on any atom is -0.497 e. The van der Waals surface area contributed by atoms with Crippen molar-refractivity contribution < 1.29 is 9.13 Å². The highest BCUT2D eigenvalue weighted by molar-refractivity contribution is 6.30. The zero-order chi connectivity index (χ0) is 11.5. The Hall–Kier alpha value is -1.54. The topological polar surface area (TPSA) is 9.23 Å². The van der Waals surface area contributed by atoms with Gasteiger partial charge in [0.2, 0.25) is 0 Å². The number of halogens is 2. The molecule has 0 atom stereocenters. The summed E-state index contributed by atoms with van der Waals surface area (Å²) in [5.41, 5.74) is 1.72. The molecule has 0 aliphatic heterocycles. The van der Waals surface area contributed by atoms with Gasteiger partial charge < -0.3 is 4.74 Å². The third-order valence-corrected chi connectivity index (χ3v) is 2.65. The Kier molecular flexibility index (Phi) is 3.11. The molecule has 0 bridgehead atoms. The maximum Gasteiger partial charge on any atom is 0.142 e. The second kappa shape index (κ2) is 4.54. The van der Waals surface area contributed by atoms with Crippen LogP contribution in [0.2, 0.25) is 5.02 Å². The van der Waals surface area contributed by atoms with Crippen LogP contribution in [0.15, 0.2) is 42.5 Å². The molecule has 0 unspecified atom stereocenters. The van der Waals surface area contributed by atoms with Crippen LogP contribution in [-0.4, -0.2) is 7.11 Å². The molecule has 0 aliphatic rings. The van der Waals surface area contributed by atoms with Crippen molar-refractivity contribution in [3.8, 4) is 16.9 Å². The predicted molar refractivity (Wildman–Crippen MR) is 63.4 cm³/mol. The van der Waals surface area contributed by atoms with Crippen molar-refractivity contribution >= 4 is 11.6 Å². The zero-order valence-electron chi connectivity index (χ0n) is 8.71. The van der Waals surface area contributed by atoms with Gasteiger partial charge in [0.15, 0.2) is 0 Å². The van der Waals surface area contributed by atoms with E-state index in [9.17, 15) is 4.39 Å². The van der Waals surface area contributed by atoms with E-state index in [0.29, 0.717) is 0 Å². The van der Waals surface area contributed by atoms with Gasteiger partial charge in [-0.25, -0.2) is 4.39 Å². The van der Waals surface area contributed by atoms with Gasteiger partial charge in [-0.15, -0.1) is 0 Å². The van der Waals surface area contributed by atoms with Gasteiger partial charge in [-0.05, 0) is 35.4 Å². The Bertz CT molecular complexity index is 494. The van der Waals surface area contributed by atoms with Crippen molar-refractivity contribution in [2.24, 2.45) is 0 Å². The first kappa shape index (κ1) is 11.0. The molecule has 16 heavy (non-hydrogen) atoms. The molecule has 0 N–H and O–H groups in total. The van der Waals surface area contributed by atoms with Crippen LogP contribution in [0.5, 0.6) is 5.75 Å². The highest BCUT2D eigenvalue weighted by Gasteiger charge is 2.03. The molecule has 0 aliphatic carbocycles. The third-order valence-electron chi connectivity index (χ3n) is 2.34. The Morgan fingerprint density at radius 2 is 1.62 bits per heavy atom. The van der Waals surface area contributed by atoms with Crippen LogP contribution in [0.3, 0.4) is 0 Å². The number of benzene rings is 2. The molecule has 1 nitrogen and oxygen atoms in total. The first-order chi connectivity index (χ1) is 7.70. The van der Waals surface area contributed by atoms with E-state index in [1.54, 1.807) is 19.2 Å². The average Bonchev–Trinajstić information content (AvgIpc) is 2.33. The lowest BCUT2D eigenvalue weighted by Gasteiger charge is -2.04. The quantitative estimate of drug-likeness (QED) is 0.761. The number of methoxy groups -OCH3 is 1. The van der Waals surface area contributed by atoms with Crippen molar-refractivity contribution in [2.75, 3.05) is 7.11 Å². The van der Waals surface area contributed by atoms with Crippen LogP contribution >= 0.6 is 11.6 Å². The van der Waals surface area contributed by atoms with Gasteiger partial charge in [0.1, 0.15) is 11.6 Å². The van der Waals surface area contributed by atoms with Gasteiger partial charge in [-0.2, -0.15) is 0 Å². The van der Waals surface area contributed by atoms with Crippen molar-refractivity contribution in [1.82, 2.24) is 0 Å². The van der Waals surface area contributed by atoms with E-state index in [2.05, 4.69) is 0 Å². The van der Waals surface area contributed by atoms with E-state index in [1.807, 2.05) is 24.3 Å². The Balaban J connectivity index is 2.38. The second-order valence-electron chi connectivity index (χ2n) is 3.36. The number of hydrogen-bond acceptors (Lipinski definition) is 1. The van der Waals surface area contributed by atoms with Gasteiger partial charge >= 0.3 is 0 Å². The standard InChI is InChI=1S/C13H10ClFO/c1-16-11-5-2-9(3-6-11)10-4-7-12(14)13(15)8-10/h2-8H,1H3. The fourth-order valence-electron chi connectivity index (χ4n) is 1.46. The summed E-state index contributed by atoms with van der Waals surface area (Å²) in [6, 6.07) is 12.2. The van der Waals surface area contributed by atoms with Crippen LogP contribution in [-0.2, 0) is 0 Å². The molecule has 3 heteroatoms. The molecule has 0 amide bonds. The van der Waals surface area contributed by atoms with Crippen LogP contribution in [0.4, 0.5) is 4.39 Å². The number of ether oxygens (including phenoxy) is 1. The fraction of sp³-hybridized carbons (Fsp3) is 0.0769. The van der Waals surface area contributed by atoms with E-state index < -0.39 is 5.82 Å². The van der Waals surface area contributed by atoms with Crippen molar-refractivity contribution in [2.45, 2.75) is 0 Å². The molecule has 82 valence electrons. The summed E-state index contributed by atoms with van der Waals surface area (Å²) in [7, 11) is 1.61. The smallest absolute Gasteiger partial charge is 0.142 e. The van der Waals surface area contributed by atoms with E-state index in [0.717, 1.165) is 16.9 Å². The number of hydrogen-bond donors (Lipinski definition) is 0. The van der Waals surface area contributed by atoms with E-state index in [4.69, 9.17) is 16.3 Å². The van der Waals surface area contributed by atoms with Crippen molar-refractivity contribution in [1.29, 1.82) is 0 Å². The largest absolute Gasteiger partial charge is 0.497 e. The van der Waals surface area contributed by atoms with Crippen LogP contribution < -0.4 is 4.74 Å². The first-order valence-electron chi connectivity index (χ1n) is 4.80. The Labute approximate surface area is 98.4 Å². The molecule has 0 aromatic heterocycles. The maximum absolute atomic E-state index is 13.3. The average molecular weight is 237 g/mol. The Morgan fingerprint density at radius 3 is 2.19 bits per heavy atom. The lowest BCUT2D eigenvalue weighted by Crippen LogP contribution is -1.84. The highest BCUT2D eigenvalue weighted by atomic mass is 35.5. The molecule has 0 saturated heterocycles. The summed E-state index contributed by atoms with van der Waals surface area (Å²) in [5.74, 6) is 0.369. The Morgan fingerprint density at radius 1 is 1.00 bits per heavy atom. The normalized spacial score (nSPS) is 10.2. The minimum atomic E-state index is -0.407.